The first kappa shape index (κ1) is 18.0. The molecule has 2 heterocycles. The molecule has 1 aliphatic rings. The van der Waals surface area contributed by atoms with Crippen LogP contribution in [0, 0.1) is 5.41 Å². The number of esters is 1. The molecule has 5 nitrogen and oxygen atoms in total. The largest absolute Gasteiger partial charge is 0.466 e. The SMILES string of the molecule is CCOC(=O)[C@@]1(Cc2cccc(Cl)c2)CCCN(Cc2ccon2)C1. The van der Waals surface area contributed by atoms with Gasteiger partial charge in [-0.2, -0.15) is 0 Å². The molecule has 0 spiro atoms. The van der Waals surface area contributed by atoms with Crippen molar-refractivity contribution in [1.29, 1.82) is 0 Å². The fourth-order valence-electron chi connectivity index (χ4n) is 3.62. The Morgan fingerprint density at radius 3 is 3.04 bits per heavy atom. The third-order valence-corrected chi connectivity index (χ3v) is 4.91. The lowest BCUT2D eigenvalue weighted by Gasteiger charge is -2.41. The number of benzene rings is 1. The number of ether oxygens (including phenoxy) is 1. The van der Waals surface area contributed by atoms with Crippen LogP contribution in [0.15, 0.2) is 41.1 Å². The molecule has 6 heteroatoms. The summed E-state index contributed by atoms with van der Waals surface area (Å²) in [6.45, 7) is 4.49. The number of carbonyl (C=O) groups is 1. The molecule has 0 bridgehead atoms. The van der Waals surface area contributed by atoms with Crippen molar-refractivity contribution in [2.45, 2.75) is 32.7 Å². The molecule has 1 aromatic heterocycles. The number of carbonyl (C=O) groups excluding carboxylic acids is 1. The molecule has 0 saturated carbocycles. The van der Waals surface area contributed by atoms with Crippen LogP contribution in [0.2, 0.25) is 5.02 Å². The minimum absolute atomic E-state index is 0.125. The van der Waals surface area contributed by atoms with Crippen LogP contribution in [0.4, 0.5) is 0 Å². The summed E-state index contributed by atoms with van der Waals surface area (Å²) in [5.41, 5.74) is 1.38. The molecule has 0 radical (unpaired) electrons. The van der Waals surface area contributed by atoms with Gasteiger partial charge in [-0.25, -0.2) is 0 Å². The van der Waals surface area contributed by atoms with Crippen LogP contribution in [0.3, 0.4) is 0 Å². The Morgan fingerprint density at radius 1 is 1.44 bits per heavy atom. The summed E-state index contributed by atoms with van der Waals surface area (Å²) in [5, 5.41) is 4.67. The van der Waals surface area contributed by atoms with E-state index in [2.05, 4.69) is 10.1 Å². The molecule has 2 aromatic rings. The third kappa shape index (κ3) is 4.41. The van der Waals surface area contributed by atoms with E-state index in [1.807, 2.05) is 37.3 Å². The van der Waals surface area contributed by atoms with Crippen molar-refractivity contribution in [3.63, 3.8) is 0 Å². The Kier molecular flexibility index (Phi) is 5.76. The minimum Gasteiger partial charge on any atom is -0.466 e. The van der Waals surface area contributed by atoms with Crippen molar-refractivity contribution in [2.24, 2.45) is 5.41 Å². The highest BCUT2D eigenvalue weighted by Gasteiger charge is 2.43. The van der Waals surface area contributed by atoms with Gasteiger partial charge in [0, 0.05) is 24.2 Å². The number of nitrogens with zero attached hydrogens (tertiary/aromatic N) is 2. The lowest BCUT2D eigenvalue weighted by Crippen LogP contribution is -2.49. The Hall–Kier alpha value is -1.85. The van der Waals surface area contributed by atoms with Gasteiger partial charge in [0.1, 0.15) is 6.26 Å². The third-order valence-electron chi connectivity index (χ3n) is 4.67. The van der Waals surface area contributed by atoms with Gasteiger partial charge >= 0.3 is 5.97 Å². The second kappa shape index (κ2) is 8.02. The van der Waals surface area contributed by atoms with Gasteiger partial charge in [-0.1, -0.05) is 28.9 Å². The number of piperidine rings is 1. The molecule has 1 aromatic carbocycles. The lowest BCUT2D eigenvalue weighted by molar-refractivity contribution is -0.159. The van der Waals surface area contributed by atoms with Crippen molar-refractivity contribution < 1.29 is 14.1 Å². The summed E-state index contributed by atoms with van der Waals surface area (Å²) in [6.07, 6.45) is 3.95. The van der Waals surface area contributed by atoms with Crippen LogP contribution in [-0.4, -0.2) is 35.7 Å². The predicted octanol–water partition coefficient (Wildman–Crippen LogP) is 3.72. The van der Waals surface area contributed by atoms with Gasteiger partial charge in [-0.3, -0.25) is 9.69 Å². The zero-order chi connectivity index (χ0) is 17.7. The van der Waals surface area contributed by atoms with E-state index in [0.29, 0.717) is 31.1 Å². The molecule has 0 amide bonds. The number of likely N-dealkylation sites (tertiary alicyclic amines) is 1. The maximum absolute atomic E-state index is 12.8. The highest BCUT2D eigenvalue weighted by Crippen LogP contribution is 2.36. The molecule has 0 unspecified atom stereocenters. The molecule has 25 heavy (non-hydrogen) atoms. The monoisotopic (exact) mass is 362 g/mol. The molecule has 1 saturated heterocycles. The van der Waals surface area contributed by atoms with Gasteiger partial charge in [0.15, 0.2) is 0 Å². The molecular formula is C19H23ClN2O3. The lowest BCUT2D eigenvalue weighted by atomic mass is 9.75. The summed E-state index contributed by atoms with van der Waals surface area (Å²) >= 11 is 6.13. The van der Waals surface area contributed by atoms with E-state index in [-0.39, 0.29) is 5.97 Å². The smallest absolute Gasteiger partial charge is 0.313 e. The number of rotatable bonds is 6. The second-order valence-corrected chi connectivity index (χ2v) is 7.05. The van der Waals surface area contributed by atoms with Crippen LogP contribution in [-0.2, 0) is 22.5 Å². The number of halogens is 1. The van der Waals surface area contributed by atoms with Crippen molar-refractivity contribution in [2.75, 3.05) is 19.7 Å². The van der Waals surface area contributed by atoms with E-state index in [1.165, 1.54) is 0 Å². The zero-order valence-electron chi connectivity index (χ0n) is 14.4. The standard InChI is InChI=1S/C19H23ClN2O3/c1-2-24-18(23)19(12-15-5-3-6-16(20)11-15)8-4-9-22(14-19)13-17-7-10-25-21-17/h3,5-7,10-11H,2,4,8-9,12-14H2,1H3/t19-/m1/s1. The van der Waals surface area contributed by atoms with Crippen LogP contribution < -0.4 is 0 Å². The first-order chi connectivity index (χ1) is 12.1. The van der Waals surface area contributed by atoms with E-state index in [9.17, 15) is 4.79 Å². The van der Waals surface area contributed by atoms with Gasteiger partial charge in [0.2, 0.25) is 0 Å². The Morgan fingerprint density at radius 2 is 2.32 bits per heavy atom. The van der Waals surface area contributed by atoms with Crippen molar-refractivity contribution >= 4 is 17.6 Å². The number of aromatic nitrogens is 1. The average Bonchev–Trinajstić information content (AvgIpc) is 3.08. The molecule has 0 aliphatic carbocycles. The average molecular weight is 363 g/mol. The van der Waals surface area contributed by atoms with Gasteiger partial charge < -0.3 is 9.26 Å². The maximum Gasteiger partial charge on any atom is 0.313 e. The Labute approximate surface area is 152 Å². The topological polar surface area (TPSA) is 55.6 Å². The number of hydrogen-bond donors (Lipinski definition) is 0. The summed E-state index contributed by atoms with van der Waals surface area (Å²) in [4.78, 5) is 15.1. The summed E-state index contributed by atoms with van der Waals surface area (Å²) in [6, 6.07) is 9.58. The number of hydrogen-bond acceptors (Lipinski definition) is 5. The molecule has 3 rings (SSSR count). The van der Waals surface area contributed by atoms with E-state index in [0.717, 1.165) is 30.6 Å². The molecule has 134 valence electrons. The van der Waals surface area contributed by atoms with Crippen molar-refractivity contribution in [1.82, 2.24) is 10.1 Å². The first-order valence-electron chi connectivity index (χ1n) is 8.64. The maximum atomic E-state index is 12.8. The highest BCUT2D eigenvalue weighted by molar-refractivity contribution is 6.30. The van der Waals surface area contributed by atoms with Crippen LogP contribution >= 0.6 is 11.6 Å². The van der Waals surface area contributed by atoms with Gasteiger partial charge in [0.05, 0.1) is 17.7 Å². The summed E-state index contributed by atoms with van der Waals surface area (Å²) < 4.78 is 10.4. The van der Waals surface area contributed by atoms with E-state index >= 15 is 0 Å². The van der Waals surface area contributed by atoms with Crippen LogP contribution in [0.1, 0.15) is 31.0 Å². The predicted molar refractivity (Wildman–Crippen MR) is 95.2 cm³/mol. The Bertz CT molecular complexity index is 704. The fourth-order valence-corrected chi connectivity index (χ4v) is 3.83. The van der Waals surface area contributed by atoms with Gasteiger partial charge in [0.25, 0.3) is 0 Å². The van der Waals surface area contributed by atoms with Crippen LogP contribution in [0.25, 0.3) is 0 Å². The van der Waals surface area contributed by atoms with E-state index < -0.39 is 5.41 Å². The molecule has 1 aliphatic heterocycles. The second-order valence-electron chi connectivity index (χ2n) is 6.61. The molecular weight excluding hydrogens is 340 g/mol. The fraction of sp³-hybridized carbons (Fsp3) is 0.474. The zero-order valence-corrected chi connectivity index (χ0v) is 15.2. The van der Waals surface area contributed by atoms with Crippen LogP contribution in [0.5, 0.6) is 0 Å². The molecule has 0 N–H and O–H groups in total. The van der Waals surface area contributed by atoms with Crippen molar-refractivity contribution in [3.05, 3.63) is 52.9 Å². The summed E-state index contributed by atoms with van der Waals surface area (Å²) in [5.74, 6) is -0.125. The highest BCUT2D eigenvalue weighted by atomic mass is 35.5. The van der Waals surface area contributed by atoms with Crippen molar-refractivity contribution in [3.8, 4) is 0 Å². The minimum atomic E-state index is -0.553. The quantitative estimate of drug-likeness (QED) is 0.733. The Balaban J connectivity index is 1.81. The normalized spacial score (nSPS) is 21.2. The molecule has 1 atom stereocenters. The summed E-state index contributed by atoms with van der Waals surface area (Å²) in [7, 11) is 0. The van der Waals surface area contributed by atoms with E-state index in [4.69, 9.17) is 20.9 Å². The van der Waals surface area contributed by atoms with Gasteiger partial charge in [-0.15, -0.1) is 0 Å². The van der Waals surface area contributed by atoms with Gasteiger partial charge in [-0.05, 0) is 50.4 Å². The van der Waals surface area contributed by atoms with E-state index in [1.54, 1.807) is 6.26 Å². The molecule has 1 fully saturated rings. The first-order valence-corrected chi connectivity index (χ1v) is 9.02.